The van der Waals surface area contributed by atoms with E-state index in [0.29, 0.717) is 5.56 Å². The van der Waals surface area contributed by atoms with Gasteiger partial charge in [0, 0.05) is 91.0 Å². The quantitative estimate of drug-likeness (QED) is 0.00755. The number of esters is 5. The molecule has 30 nitrogen and oxygen atoms in total. The van der Waals surface area contributed by atoms with Crippen molar-refractivity contribution in [2.45, 2.75) is 171 Å². The molecule has 602 valence electrons. The van der Waals surface area contributed by atoms with Crippen LogP contribution in [0.1, 0.15) is 162 Å². The van der Waals surface area contributed by atoms with Gasteiger partial charge in [0.15, 0.2) is 41.4 Å². The number of nitrogens with one attached hydrogen (secondary N) is 1. The van der Waals surface area contributed by atoms with Crippen LogP contribution in [0.15, 0.2) is 120 Å². The number of hydrogen-bond acceptors (Lipinski definition) is 31. The predicted octanol–water partition coefficient (Wildman–Crippen LogP) is 6.52. The predicted molar refractivity (Wildman–Crippen MR) is 396 cm³/mol. The number of benzene rings is 5. The van der Waals surface area contributed by atoms with Crippen molar-refractivity contribution in [3.63, 3.8) is 0 Å². The molecule has 6 unspecified atom stereocenters. The van der Waals surface area contributed by atoms with Crippen molar-refractivity contribution in [1.29, 1.82) is 0 Å². The molecule has 17 atom stereocenters. The lowest BCUT2D eigenvalue weighted by Crippen LogP contribution is -2.82. The molecule has 2 heterocycles. The van der Waals surface area contributed by atoms with Gasteiger partial charge in [-0.05, 0) is 67.8 Å². The highest BCUT2D eigenvalue weighted by Gasteiger charge is 2.79. The van der Waals surface area contributed by atoms with Crippen molar-refractivity contribution >= 4 is 86.6 Å². The van der Waals surface area contributed by atoms with Crippen molar-refractivity contribution in [3.8, 4) is 17.2 Å². The molecule has 113 heavy (non-hydrogen) atoms. The molecule has 5 aromatic rings. The zero-order valence-electron chi connectivity index (χ0n) is 62.8. The summed E-state index contributed by atoms with van der Waals surface area (Å²) in [5.74, 6) is -13.5. The second-order valence-electron chi connectivity index (χ2n) is 29.9. The lowest BCUT2D eigenvalue weighted by Gasteiger charge is -2.67. The van der Waals surface area contributed by atoms with Crippen LogP contribution in [0.4, 0.5) is 4.79 Å². The van der Waals surface area contributed by atoms with Crippen LogP contribution < -0.4 is 10.1 Å². The summed E-state index contributed by atoms with van der Waals surface area (Å²) in [4.78, 5) is 156. The fourth-order valence-corrected chi connectivity index (χ4v) is 18.9. The van der Waals surface area contributed by atoms with E-state index in [1.165, 1.54) is 106 Å². The summed E-state index contributed by atoms with van der Waals surface area (Å²) in [6.07, 6.45) is -20.4. The molecule has 1 amide bonds. The van der Waals surface area contributed by atoms with Crippen LogP contribution in [0.2, 0.25) is 0 Å². The fourth-order valence-electron chi connectivity index (χ4n) is 17.2. The van der Waals surface area contributed by atoms with Gasteiger partial charge in [-0.2, -0.15) is 0 Å². The third-order valence-corrected chi connectivity index (χ3v) is 25.2. The van der Waals surface area contributed by atoms with Crippen molar-refractivity contribution in [2.24, 2.45) is 22.7 Å². The van der Waals surface area contributed by atoms with Gasteiger partial charge < -0.3 is 93.2 Å². The summed E-state index contributed by atoms with van der Waals surface area (Å²) < 4.78 is 66.3. The highest BCUT2D eigenvalue weighted by molar-refractivity contribution is 8.76. The van der Waals surface area contributed by atoms with Crippen molar-refractivity contribution in [1.82, 2.24) is 5.32 Å². The number of aromatic hydroxyl groups is 2. The van der Waals surface area contributed by atoms with Gasteiger partial charge in [-0.25, -0.2) is 14.4 Å². The van der Waals surface area contributed by atoms with Gasteiger partial charge in [0.2, 0.25) is 5.78 Å². The second-order valence-corrected chi connectivity index (χ2v) is 32.6. The van der Waals surface area contributed by atoms with Gasteiger partial charge in [-0.3, -0.25) is 38.4 Å². The van der Waals surface area contributed by atoms with E-state index in [1.807, 2.05) is 0 Å². The molecule has 2 aliphatic heterocycles. The molecule has 2 saturated heterocycles. The van der Waals surface area contributed by atoms with E-state index in [4.69, 9.17) is 52.1 Å². The molecule has 2 bridgehead atoms. The monoisotopic (exact) mass is 1600 g/mol. The number of fused-ring (bicyclic) bond motifs is 8. The minimum atomic E-state index is -2.60. The number of Topliss-reactive ketones (excluding diaryl/α,β-unsaturated/α-hetero) is 2. The van der Waals surface area contributed by atoms with Gasteiger partial charge in [0.25, 0.3) is 5.91 Å². The van der Waals surface area contributed by atoms with E-state index < -0.39 is 233 Å². The molecule has 7 aliphatic rings. The Labute approximate surface area is 655 Å². The first-order valence-electron chi connectivity index (χ1n) is 36.6. The molecule has 0 aromatic heterocycles. The van der Waals surface area contributed by atoms with Crippen LogP contribution in [-0.2, 0) is 82.6 Å². The summed E-state index contributed by atoms with van der Waals surface area (Å²) in [6.45, 7) is 7.31. The number of amides is 1. The topological polar surface area (TPSA) is 443 Å². The van der Waals surface area contributed by atoms with E-state index in [0.717, 1.165) is 13.8 Å². The van der Waals surface area contributed by atoms with Gasteiger partial charge >= 0.3 is 36.0 Å². The maximum absolute atomic E-state index is 16.5. The molecule has 4 fully saturated rings. The van der Waals surface area contributed by atoms with Crippen LogP contribution in [0, 0.1) is 22.7 Å². The lowest BCUT2D eigenvalue weighted by molar-refractivity contribution is -0.346. The molecule has 8 N–H and O–H groups in total. The zero-order valence-corrected chi connectivity index (χ0v) is 64.4. The first-order valence-corrected chi connectivity index (χ1v) is 39.1. The Bertz CT molecular complexity index is 4610. The molecule has 0 spiro atoms. The Kier molecular flexibility index (Phi) is 24.2. The number of ether oxygens (including phenoxy) is 11. The molecule has 32 heteroatoms. The van der Waals surface area contributed by atoms with Crippen molar-refractivity contribution in [2.75, 3.05) is 45.0 Å². The Morgan fingerprint density at radius 3 is 1.98 bits per heavy atom. The average molecular weight is 1600 g/mol. The Morgan fingerprint density at radius 1 is 0.726 bits per heavy atom. The van der Waals surface area contributed by atoms with Crippen LogP contribution in [0.25, 0.3) is 0 Å². The summed E-state index contributed by atoms with van der Waals surface area (Å²) in [6, 6.07) is 26.4. The summed E-state index contributed by atoms with van der Waals surface area (Å²) in [5.41, 5.74) is -12.9. The zero-order chi connectivity index (χ0) is 81.6. The SMILES string of the molecule is COc1cccc2c1C(=O)c1c(O)c3c(c(O)c1C2=O)CC(O)(C(=O)CO)C[C@@H]3OC1CC(CC(=O)OCCSSCCOC(=O)O[C@H]2C[C@H]3OC[C@@]3(OC(C)=O)[C@H]3[C@H](OC(=O)c4ccccc4)[C@]4(O)CC(OC(=O)[C@H](O)[C@@H](NC(=O)c5ccccc5)c5ccccc5)C(C)=C([C@@H](OC(C)=O)C(=O)[C@]23C)C4(C)C)C(O)C(C)O1. The van der Waals surface area contributed by atoms with Gasteiger partial charge in [-0.1, -0.05) is 114 Å². The van der Waals surface area contributed by atoms with Gasteiger partial charge in [0.1, 0.15) is 72.7 Å². The fraction of sp³-hybridized carbons (Fsp3) is 0.469. The number of hydrogen-bond donors (Lipinski definition) is 8. The van der Waals surface area contributed by atoms with E-state index in [1.54, 1.807) is 66.7 Å². The first kappa shape index (κ1) is 82.8. The Balaban J connectivity index is 0.730. The molecule has 5 aliphatic carbocycles. The third kappa shape index (κ3) is 15.5. The molecule has 0 radical (unpaired) electrons. The Hall–Kier alpha value is -9.61. The number of carbonyl (C=O) groups excluding carboxylic acids is 11. The highest BCUT2D eigenvalue weighted by Crippen LogP contribution is 2.65. The first-order chi connectivity index (χ1) is 53.6. The number of rotatable bonds is 25. The van der Waals surface area contributed by atoms with Crippen molar-refractivity contribution < 1.29 is 141 Å². The van der Waals surface area contributed by atoms with E-state index in [-0.39, 0.29) is 87.8 Å². The Morgan fingerprint density at radius 2 is 1.36 bits per heavy atom. The summed E-state index contributed by atoms with van der Waals surface area (Å²) in [7, 11) is 3.68. The molecule has 12 rings (SSSR count). The second kappa shape index (κ2) is 33.1. The number of phenolic OH excluding ortho intramolecular Hbond substituents is 2. The van der Waals surface area contributed by atoms with E-state index in [2.05, 4.69) is 5.32 Å². The maximum atomic E-state index is 16.5. The van der Waals surface area contributed by atoms with Crippen LogP contribution in [0.3, 0.4) is 0 Å². The number of phenols is 2. The minimum absolute atomic E-state index is 0.00753. The smallest absolute Gasteiger partial charge is 0.507 e. The molecular weight excluding hydrogens is 1520 g/mol. The van der Waals surface area contributed by atoms with Crippen molar-refractivity contribution in [3.05, 3.63) is 170 Å². The van der Waals surface area contributed by atoms with Gasteiger partial charge in [0.05, 0.1) is 78.1 Å². The highest BCUT2D eigenvalue weighted by atomic mass is 33.1. The average Bonchev–Trinajstić information content (AvgIpc) is 0.665. The lowest BCUT2D eigenvalue weighted by atomic mass is 9.44. The van der Waals surface area contributed by atoms with Crippen LogP contribution in [-0.4, -0.2) is 218 Å². The summed E-state index contributed by atoms with van der Waals surface area (Å²) in [5, 5.41) is 85.9. The van der Waals surface area contributed by atoms with E-state index >= 15 is 4.79 Å². The standard InChI is InChI=1S/C81H87NO29S2/c1-39-50(108-75(97)68(93)62(43-19-12-9-13-20-43)82-73(95)44-21-14-10-15-22-44)36-81(100)72(110-74(96)45-23-16-11-17-24-45)70-78(7,71(94)69(106-41(3)84)61(39)77(81,5)6)53(33-54-80(70,38-104-54)111-42(4)85)109-76(98)103-28-30-113-112-29-27-102-55(87)31-46-32-56(105-40(2)63(46)88)107-51-35-79(99,52(86)37-83)34-48-58(51)67(92)60-59(65(48)90)64(89)47-25-18-26-49(101-8)57(47)66(60)91/h9-26,40,46,50-51,53-54,56,62-63,68-70,72,83,88,90,92-93,99-100H,27-38H2,1-8H3,(H,82,95)/t40?,46?,50?,51-,53-,54+,56?,62-,63?,68+,69+,70-,72-,78+,79?,80-,81+/m0/s1. The number of ketones is 4. The molecular formula is C81H87NO29S2. The number of methoxy groups -OCH3 is 1. The van der Waals surface area contributed by atoms with Crippen LogP contribution in [0.5, 0.6) is 17.2 Å². The molecule has 2 saturated carbocycles. The number of aliphatic hydroxyl groups is 5. The minimum Gasteiger partial charge on any atom is -0.507 e. The normalized spacial score (nSPS) is 29.0. The summed E-state index contributed by atoms with van der Waals surface area (Å²) >= 11 is 0. The number of aliphatic hydroxyl groups excluding tert-OH is 3. The largest absolute Gasteiger partial charge is 0.508 e. The van der Waals surface area contributed by atoms with Gasteiger partial charge in [-0.15, -0.1) is 0 Å². The van der Waals surface area contributed by atoms with E-state index in [9.17, 15) is 83.7 Å². The number of carbonyl (C=O) groups is 11. The third-order valence-electron chi connectivity index (χ3n) is 22.9. The van der Waals surface area contributed by atoms with Crippen LogP contribution >= 0.6 is 21.6 Å². The maximum Gasteiger partial charge on any atom is 0.508 e. The molecule has 5 aromatic carbocycles.